The van der Waals surface area contributed by atoms with Crippen molar-refractivity contribution in [1.82, 2.24) is 0 Å². The monoisotopic (exact) mass is 324 g/mol. The van der Waals surface area contributed by atoms with Gasteiger partial charge in [0.05, 0.1) is 12.7 Å². The Morgan fingerprint density at radius 1 is 1.22 bits per heavy atom. The van der Waals surface area contributed by atoms with Gasteiger partial charge >= 0.3 is 5.97 Å². The standard InChI is InChI=1S/C14H10BrClO2/c1-18-14(17)11-8-9(6-7-12(11)15)10-4-2-3-5-13(10)16/h2-8H,1H3. The lowest BCUT2D eigenvalue weighted by Crippen LogP contribution is -2.02. The molecule has 0 aromatic heterocycles. The molecule has 0 N–H and O–H groups in total. The van der Waals surface area contributed by atoms with Crippen LogP contribution in [-0.2, 0) is 4.74 Å². The highest BCUT2D eigenvalue weighted by Gasteiger charge is 2.12. The molecule has 0 spiro atoms. The summed E-state index contributed by atoms with van der Waals surface area (Å²) in [5.41, 5.74) is 2.25. The summed E-state index contributed by atoms with van der Waals surface area (Å²) in [7, 11) is 1.36. The summed E-state index contributed by atoms with van der Waals surface area (Å²) >= 11 is 9.47. The lowest BCUT2D eigenvalue weighted by atomic mass is 10.0. The van der Waals surface area contributed by atoms with E-state index >= 15 is 0 Å². The van der Waals surface area contributed by atoms with E-state index in [9.17, 15) is 4.79 Å². The van der Waals surface area contributed by atoms with Crippen molar-refractivity contribution < 1.29 is 9.53 Å². The molecule has 92 valence electrons. The third kappa shape index (κ3) is 2.57. The molecule has 0 heterocycles. The number of hydrogen-bond donors (Lipinski definition) is 0. The maximum Gasteiger partial charge on any atom is 0.339 e. The molecule has 0 saturated heterocycles. The van der Waals surface area contributed by atoms with Gasteiger partial charge in [0.1, 0.15) is 0 Å². The maximum atomic E-state index is 11.6. The van der Waals surface area contributed by atoms with Gasteiger partial charge in [-0.15, -0.1) is 0 Å². The Morgan fingerprint density at radius 2 is 1.94 bits per heavy atom. The van der Waals surface area contributed by atoms with E-state index in [0.717, 1.165) is 11.1 Å². The Morgan fingerprint density at radius 3 is 2.61 bits per heavy atom. The fourth-order valence-electron chi connectivity index (χ4n) is 1.65. The molecule has 2 aromatic carbocycles. The van der Waals surface area contributed by atoms with E-state index in [-0.39, 0.29) is 5.97 Å². The Hall–Kier alpha value is -1.32. The van der Waals surface area contributed by atoms with Crippen LogP contribution in [-0.4, -0.2) is 13.1 Å². The van der Waals surface area contributed by atoms with Gasteiger partial charge in [-0.25, -0.2) is 4.79 Å². The molecule has 0 bridgehead atoms. The fraction of sp³-hybridized carbons (Fsp3) is 0.0714. The van der Waals surface area contributed by atoms with E-state index in [4.69, 9.17) is 16.3 Å². The quantitative estimate of drug-likeness (QED) is 0.757. The second-order valence-corrected chi connectivity index (χ2v) is 4.93. The zero-order valence-corrected chi connectivity index (χ0v) is 12.0. The van der Waals surface area contributed by atoms with Gasteiger partial charge in [-0.2, -0.15) is 0 Å². The summed E-state index contributed by atoms with van der Waals surface area (Å²) in [5.74, 6) is -0.379. The summed E-state index contributed by atoms with van der Waals surface area (Å²) in [5, 5.41) is 0.649. The van der Waals surface area contributed by atoms with Gasteiger partial charge in [-0.1, -0.05) is 35.9 Å². The van der Waals surface area contributed by atoms with Crippen LogP contribution in [0.25, 0.3) is 11.1 Å². The van der Waals surface area contributed by atoms with E-state index in [2.05, 4.69) is 15.9 Å². The Kier molecular flexibility index (Phi) is 4.04. The average molecular weight is 326 g/mol. The van der Waals surface area contributed by atoms with Crippen molar-refractivity contribution in [2.75, 3.05) is 7.11 Å². The van der Waals surface area contributed by atoms with Crippen LogP contribution in [0.5, 0.6) is 0 Å². The first-order valence-electron chi connectivity index (χ1n) is 5.26. The van der Waals surface area contributed by atoms with Crippen molar-refractivity contribution in [2.24, 2.45) is 0 Å². The minimum Gasteiger partial charge on any atom is -0.465 e. The highest BCUT2D eigenvalue weighted by atomic mass is 79.9. The topological polar surface area (TPSA) is 26.3 Å². The number of carbonyl (C=O) groups is 1. The lowest BCUT2D eigenvalue weighted by Gasteiger charge is -2.08. The van der Waals surface area contributed by atoms with Crippen molar-refractivity contribution in [3.05, 3.63) is 57.5 Å². The summed E-state index contributed by atoms with van der Waals surface area (Å²) in [6.07, 6.45) is 0. The van der Waals surface area contributed by atoms with Crippen LogP contribution in [0.2, 0.25) is 5.02 Å². The van der Waals surface area contributed by atoms with Crippen LogP contribution in [0.3, 0.4) is 0 Å². The van der Waals surface area contributed by atoms with Gasteiger partial charge in [0.25, 0.3) is 0 Å². The Labute approximate surface area is 119 Å². The SMILES string of the molecule is COC(=O)c1cc(-c2ccccc2Cl)ccc1Br. The smallest absolute Gasteiger partial charge is 0.339 e. The molecule has 2 aromatic rings. The van der Waals surface area contributed by atoms with Crippen LogP contribution in [0.1, 0.15) is 10.4 Å². The summed E-state index contributed by atoms with van der Waals surface area (Å²) in [6.45, 7) is 0. The molecule has 4 heteroatoms. The summed E-state index contributed by atoms with van der Waals surface area (Å²) in [6, 6.07) is 13.0. The molecular weight excluding hydrogens is 316 g/mol. The first kappa shape index (κ1) is 13.1. The Balaban J connectivity index is 2.54. The van der Waals surface area contributed by atoms with Gasteiger partial charge in [-0.05, 0) is 39.7 Å². The van der Waals surface area contributed by atoms with E-state index in [0.29, 0.717) is 15.1 Å². The number of rotatable bonds is 2. The third-order valence-electron chi connectivity index (χ3n) is 2.56. The van der Waals surface area contributed by atoms with Gasteiger partial charge in [0.15, 0.2) is 0 Å². The van der Waals surface area contributed by atoms with Crippen molar-refractivity contribution >= 4 is 33.5 Å². The van der Waals surface area contributed by atoms with Crippen molar-refractivity contribution in [1.29, 1.82) is 0 Å². The predicted molar refractivity (Wildman–Crippen MR) is 75.9 cm³/mol. The highest BCUT2D eigenvalue weighted by Crippen LogP contribution is 2.30. The highest BCUT2D eigenvalue weighted by molar-refractivity contribution is 9.10. The number of ether oxygens (including phenoxy) is 1. The van der Waals surface area contributed by atoms with Crippen LogP contribution in [0, 0.1) is 0 Å². The molecule has 0 radical (unpaired) electrons. The number of carbonyl (C=O) groups excluding carboxylic acids is 1. The van der Waals surface area contributed by atoms with Gasteiger partial charge < -0.3 is 4.74 Å². The zero-order valence-electron chi connectivity index (χ0n) is 9.61. The van der Waals surface area contributed by atoms with Crippen LogP contribution < -0.4 is 0 Å². The van der Waals surface area contributed by atoms with Gasteiger partial charge in [0.2, 0.25) is 0 Å². The van der Waals surface area contributed by atoms with E-state index in [1.54, 1.807) is 6.07 Å². The molecule has 0 aliphatic rings. The number of esters is 1. The second-order valence-electron chi connectivity index (χ2n) is 3.67. The minimum atomic E-state index is -0.379. The average Bonchev–Trinajstić information content (AvgIpc) is 2.39. The molecule has 0 aliphatic heterocycles. The van der Waals surface area contributed by atoms with E-state index < -0.39 is 0 Å². The third-order valence-corrected chi connectivity index (χ3v) is 3.58. The number of halogens is 2. The molecule has 2 nitrogen and oxygen atoms in total. The molecule has 2 rings (SSSR count). The lowest BCUT2D eigenvalue weighted by molar-refractivity contribution is 0.0600. The molecule has 0 saturated carbocycles. The normalized spacial score (nSPS) is 10.2. The summed E-state index contributed by atoms with van der Waals surface area (Å²) < 4.78 is 5.44. The molecule has 0 unspecified atom stereocenters. The molecule has 18 heavy (non-hydrogen) atoms. The van der Waals surface area contributed by atoms with Crippen LogP contribution in [0.4, 0.5) is 0 Å². The van der Waals surface area contributed by atoms with Crippen molar-refractivity contribution in [3.8, 4) is 11.1 Å². The summed E-state index contributed by atoms with van der Waals surface area (Å²) in [4.78, 5) is 11.6. The van der Waals surface area contributed by atoms with E-state index in [1.807, 2.05) is 36.4 Å². The number of methoxy groups -OCH3 is 1. The van der Waals surface area contributed by atoms with Gasteiger partial charge in [0, 0.05) is 15.1 Å². The fourth-order valence-corrected chi connectivity index (χ4v) is 2.31. The predicted octanol–water partition coefficient (Wildman–Crippen LogP) is 4.56. The first-order chi connectivity index (χ1) is 8.63. The van der Waals surface area contributed by atoms with Crippen LogP contribution >= 0.6 is 27.5 Å². The molecule has 0 fully saturated rings. The number of hydrogen-bond acceptors (Lipinski definition) is 2. The largest absolute Gasteiger partial charge is 0.465 e. The number of benzene rings is 2. The van der Waals surface area contributed by atoms with Crippen molar-refractivity contribution in [3.63, 3.8) is 0 Å². The zero-order chi connectivity index (χ0) is 13.1. The van der Waals surface area contributed by atoms with Gasteiger partial charge in [-0.3, -0.25) is 0 Å². The maximum absolute atomic E-state index is 11.6. The first-order valence-corrected chi connectivity index (χ1v) is 6.43. The van der Waals surface area contributed by atoms with Crippen molar-refractivity contribution in [2.45, 2.75) is 0 Å². The molecule has 0 aliphatic carbocycles. The second kappa shape index (κ2) is 5.55. The van der Waals surface area contributed by atoms with Crippen LogP contribution in [0.15, 0.2) is 46.9 Å². The molecule has 0 amide bonds. The molecular formula is C14H10BrClO2. The molecule has 0 atom stereocenters. The Bertz CT molecular complexity index is 596. The minimum absolute atomic E-state index is 0.379. The van der Waals surface area contributed by atoms with E-state index in [1.165, 1.54) is 7.11 Å².